The molecule has 0 aromatic carbocycles. The lowest BCUT2D eigenvalue weighted by Crippen LogP contribution is -2.65. The van der Waals surface area contributed by atoms with Gasteiger partial charge in [0.05, 0.1) is 6.10 Å². The number of hydrogen-bond donors (Lipinski definition) is 3. The van der Waals surface area contributed by atoms with Gasteiger partial charge in [0.25, 0.3) is 0 Å². The standard InChI is InChI=1S/C21H30O6/c1-18-6-4-13-11(12(18)5-7-20(18,26)16(25)10-22)3-8-21-17(27-21)14(23)9-15(24)19(13,21)2/h11-13,15,17,22,24,26H,3-10H2,1-2H3/t11-,12-,13-,15?,17?,18-,19-,20-,21?/m0/s1. The zero-order chi connectivity index (χ0) is 19.4. The van der Waals surface area contributed by atoms with E-state index >= 15 is 0 Å². The highest BCUT2D eigenvalue weighted by molar-refractivity contribution is 5.90. The molecular formula is C21H30O6. The Kier molecular flexibility index (Phi) is 3.51. The molecule has 5 rings (SSSR count). The van der Waals surface area contributed by atoms with Crippen LogP contribution in [0, 0.1) is 28.6 Å². The molecule has 4 aliphatic carbocycles. The van der Waals surface area contributed by atoms with Crippen LogP contribution in [0.2, 0.25) is 0 Å². The fourth-order valence-electron chi connectivity index (χ4n) is 8.14. The Labute approximate surface area is 159 Å². The summed E-state index contributed by atoms with van der Waals surface area (Å²) < 4.78 is 5.99. The topological polar surface area (TPSA) is 107 Å². The first-order valence-electron chi connectivity index (χ1n) is 10.4. The predicted molar refractivity (Wildman–Crippen MR) is 94.7 cm³/mol. The molecule has 1 aliphatic heterocycles. The number of ketones is 2. The molecule has 5 aliphatic rings. The van der Waals surface area contributed by atoms with Crippen LogP contribution in [-0.2, 0) is 14.3 Å². The maximum atomic E-state index is 12.4. The molecule has 3 unspecified atom stereocenters. The van der Waals surface area contributed by atoms with Crippen molar-refractivity contribution in [3.8, 4) is 0 Å². The summed E-state index contributed by atoms with van der Waals surface area (Å²) >= 11 is 0. The van der Waals surface area contributed by atoms with E-state index in [1.54, 1.807) is 0 Å². The molecule has 6 nitrogen and oxygen atoms in total. The second kappa shape index (κ2) is 5.21. The Balaban J connectivity index is 1.51. The van der Waals surface area contributed by atoms with Crippen LogP contribution >= 0.6 is 0 Å². The van der Waals surface area contributed by atoms with E-state index in [2.05, 4.69) is 6.92 Å². The number of carbonyl (C=O) groups excluding carboxylic acids is 2. The van der Waals surface area contributed by atoms with Crippen molar-refractivity contribution in [3.05, 3.63) is 0 Å². The largest absolute Gasteiger partial charge is 0.392 e. The van der Waals surface area contributed by atoms with Gasteiger partial charge in [-0.05, 0) is 56.3 Å². The van der Waals surface area contributed by atoms with Crippen molar-refractivity contribution in [3.63, 3.8) is 0 Å². The molecule has 0 bridgehead atoms. The summed E-state index contributed by atoms with van der Waals surface area (Å²) in [6.45, 7) is 3.49. The van der Waals surface area contributed by atoms with Gasteiger partial charge >= 0.3 is 0 Å². The number of ether oxygens (including phenoxy) is 1. The van der Waals surface area contributed by atoms with Crippen LogP contribution in [0.5, 0.6) is 0 Å². The molecule has 0 amide bonds. The van der Waals surface area contributed by atoms with E-state index in [-0.39, 0.29) is 30.1 Å². The quantitative estimate of drug-likeness (QED) is 0.619. The Morgan fingerprint density at radius 1 is 1.15 bits per heavy atom. The van der Waals surface area contributed by atoms with Crippen molar-refractivity contribution in [1.29, 1.82) is 0 Å². The van der Waals surface area contributed by atoms with Crippen LogP contribution in [0.15, 0.2) is 0 Å². The molecule has 1 heterocycles. The number of fused-ring (bicyclic) bond motifs is 4. The number of carbonyl (C=O) groups is 2. The molecule has 1 spiro atoms. The summed E-state index contributed by atoms with van der Waals surface area (Å²) in [6, 6.07) is 0. The molecule has 3 N–H and O–H groups in total. The smallest absolute Gasteiger partial charge is 0.190 e. The van der Waals surface area contributed by atoms with Gasteiger partial charge in [0.15, 0.2) is 11.6 Å². The minimum atomic E-state index is -1.45. The van der Waals surface area contributed by atoms with E-state index in [9.17, 15) is 24.9 Å². The van der Waals surface area contributed by atoms with Crippen LogP contribution in [0.3, 0.4) is 0 Å². The minimum absolute atomic E-state index is 0.0304. The van der Waals surface area contributed by atoms with Crippen LogP contribution in [0.4, 0.5) is 0 Å². The van der Waals surface area contributed by atoms with Crippen LogP contribution in [0.25, 0.3) is 0 Å². The molecule has 0 aromatic heterocycles. The lowest BCUT2D eigenvalue weighted by molar-refractivity contribution is -0.186. The zero-order valence-electron chi connectivity index (χ0n) is 16.1. The Morgan fingerprint density at radius 3 is 2.56 bits per heavy atom. The molecule has 27 heavy (non-hydrogen) atoms. The summed E-state index contributed by atoms with van der Waals surface area (Å²) in [6.07, 6.45) is 3.45. The Morgan fingerprint density at radius 2 is 1.85 bits per heavy atom. The summed E-state index contributed by atoms with van der Waals surface area (Å²) in [4.78, 5) is 24.6. The average molecular weight is 378 g/mol. The van der Waals surface area contributed by atoms with Gasteiger partial charge in [-0.3, -0.25) is 9.59 Å². The lowest BCUT2D eigenvalue weighted by atomic mass is 9.43. The second-order valence-electron chi connectivity index (χ2n) is 10.2. The van der Waals surface area contributed by atoms with Crippen molar-refractivity contribution < 1.29 is 29.6 Å². The average Bonchev–Trinajstić information content (AvgIpc) is 3.32. The highest BCUT2D eigenvalue weighted by Gasteiger charge is 2.79. The SMILES string of the molecule is C[C@]12CC[C@H]3[C@@H](CCC45OC4C(=O)CC(O)[C@]35C)[C@@H]1CC[C@]2(O)C(=O)CO. The molecular weight excluding hydrogens is 348 g/mol. The van der Waals surface area contributed by atoms with Crippen LogP contribution in [-0.4, -0.2) is 56.9 Å². The van der Waals surface area contributed by atoms with Crippen molar-refractivity contribution >= 4 is 11.6 Å². The van der Waals surface area contributed by atoms with E-state index in [1.165, 1.54) is 0 Å². The van der Waals surface area contributed by atoms with E-state index in [1.807, 2.05) is 6.92 Å². The second-order valence-corrected chi connectivity index (χ2v) is 10.2. The Bertz CT molecular complexity index is 721. The number of Topliss-reactive ketones (excluding diaryl/α,β-unsaturated/α-hetero) is 2. The first-order valence-corrected chi connectivity index (χ1v) is 10.4. The highest BCUT2D eigenvalue weighted by Crippen LogP contribution is 2.73. The number of hydrogen-bond acceptors (Lipinski definition) is 6. The van der Waals surface area contributed by atoms with Gasteiger partial charge in [0.1, 0.15) is 23.9 Å². The minimum Gasteiger partial charge on any atom is -0.392 e. The summed E-state index contributed by atoms with van der Waals surface area (Å²) in [7, 11) is 0. The van der Waals surface area contributed by atoms with Crippen LogP contribution in [0.1, 0.15) is 58.8 Å². The number of rotatable bonds is 2. The number of aliphatic hydroxyl groups is 3. The van der Waals surface area contributed by atoms with Gasteiger partial charge in [-0.1, -0.05) is 13.8 Å². The monoisotopic (exact) mass is 378 g/mol. The third-order valence-corrected chi connectivity index (χ3v) is 9.80. The normalized spacial score (nSPS) is 58.7. The molecule has 9 atom stereocenters. The van der Waals surface area contributed by atoms with Gasteiger partial charge in [-0.15, -0.1) is 0 Å². The molecule has 4 saturated carbocycles. The van der Waals surface area contributed by atoms with Crippen LogP contribution < -0.4 is 0 Å². The van der Waals surface area contributed by atoms with Crippen molar-refractivity contribution in [2.75, 3.05) is 6.61 Å². The van der Waals surface area contributed by atoms with Gasteiger partial charge in [0, 0.05) is 17.3 Å². The third-order valence-electron chi connectivity index (χ3n) is 9.80. The van der Waals surface area contributed by atoms with E-state index in [4.69, 9.17) is 4.74 Å². The zero-order valence-corrected chi connectivity index (χ0v) is 16.1. The first-order chi connectivity index (χ1) is 12.7. The highest BCUT2D eigenvalue weighted by atomic mass is 16.6. The van der Waals surface area contributed by atoms with Gasteiger partial charge < -0.3 is 20.1 Å². The molecule has 0 radical (unpaired) electrons. The maximum absolute atomic E-state index is 12.4. The van der Waals surface area contributed by atoms with E-state index in [0.29, 0.717) is 18.8 Å². The molecule has 1 saturated heterocycles. The first kappa shape index (κ1) is 18.2. The fourth-order valence-corrected chi connectivity index (χ4v) is 8.14. The number of aliphatic hydroxyl groups excluding tert-OH is 2. The molecule has 0 aromatic rings. The van der Waals surface area contributed by atoms with Gasteiger partial charge in [-0.2, -0.15) is 0 Å². The molecule has 150 valence electrons. The fraction of sp³-hybridized carbons (Fsp3) is 0.905. The molecule has 6 heteroatoms. The predicted octanol–water partition coefficient (Wildman–Crippen LogP) is 0.993. The van der Waals surface area contributed by atoms with E-state index < -0.39 is 40.5 Å². The number of epoxide rings is 1. The summed E-state index contributed by atoms with van der Waals surface area (Å²) in [5.74, 6) is 0.283. The summed E-state index contributed by atoms with van der Waals surface area (Å²) in [5.41, 5.74) is -2.94. The lowest BCUT2D eigenvalue weighted by Gasteiger charge is -2.61. The van der Waals surface area contributed by atoms with Crippen molar-refractivity contribution in [1.82, 2.24) is 0 Å². The van der Waals surface area contributed by atoms with Gasteiger partial charge in [0.2, 0.25) is 0 Å². The van der Waals surface area contributed by atoms with Crippen molar-refractivity contribution in [2.45, 2.75) is 82.2 Å². The van der Waals surface area contributed by atoms with Crippen molar-refractivity contribution in [2.24, 2.45) is 28.6 Å². The maximum Gasteiger partial charge on any atom is 0.190 e. The summed E-state index contributed by atoms with van der Waals surface area (Å²) in [5, 5.41) is 31.6. The third kappa shape index (κ3) is 1.82. The van der Waals surface area contributed by atoms with E-state index in [0.717, 1.165) is 25.7 Å². The molecule has 5 fully saturated rings. The van der Waals surface area contributed by atoms with Gasteiger partial charge in [-0.25, -0.2) is 0 Å². The Hall–Kier alpha value is -0.820.